The van der Waals surface area contributed by atoms with Gasteiger partial charge in [0.05, 0.1) is 6.42 Å². The highest BCUT2D eigenvalue weighted by Crippen LogP contribution is 2.33. The topological polar surface area (TPSA) is 57.5 Å². The van der Waals surface area contributed by atoms with Crippen LogP contribution in [0.4, 0.5) is 4.39 Å². The molecule has 3 nitrogen and oxygen atoms in total. The molecule has 0 atom stereocenters. The van der Waals surface area contributed by atoms with Crippen molar-refractivity contribution in [3.05, 3.63) is 29.1 Å². The number of phenols is 1. The second-order valence-corrected chi connectivity index (χ2v) is 4.60. The van der Waals surface area contributed by atoms with Crippen molar-refractivity contribution in [2.75, 3.05) is 0 Å². The summed E-state index contributed by atoms with van der Waals surface area (Å²) in [6.45, 7) is 5.00. The summed E-state index contributed by atoms with van der Waals surface area (Å²) in [5.74, 6) is -2.17. The Morgan fingerprint density at radius 3 is 2.50 bits per heavy atom. The van der Waals surface area contributed by atoms with Crippen LogP contribution in [0.15, 0.2) is 12.1 Å². The Bertz CT molecular complexity index is 425. The summed E-state index contributed by atoms with van der Waals surface area (Å²) in [6.07, 6.45) is -0.188. The molecule has 0 spiro atoms. The second-order valence-electron chi connectivity index (χ2n) is 4.60. The van der Waals surface area contributed by atoms with Gasteiger partial charge in [-0.05, 0) is 24.1 Å². The van der Waals surface area contributed by atoms with Crippen LogP contribution in [0.3, 0.4) is 0 Å². The Morgan fingerprint density at radius 1 is 1.44 bits per heavy atom. The van der Waals surface area contributed by atoms with Gasteiger partial charge in [0, 0.05) is 5.41 Å². The lowest BCUT2D eigenvalue weighted by atomic mass is 9.80. The Morgan fingerprint density at radius 2 is 2.00 bits per heavy atom. The molecule has 2 N–H and O–H groups in total. The van der Waals surface area contributed by atoms with Gasteiger partial charge in [0.2, 0.25) is 0 Å². The fourth-order valence-electron chi connectivity index (χ4n) is 1.72. The Labute approximate surface area is 93.5 Å². The van der Waals surface area contributed by atoms with Crippen molar-refractivity contribution in [1.82, 2.24) is 0 Å². The largest absolute Gasteiger partial charge is 0.505 e. The molecule has 0 heterocycles. The number of aryl methyl sites for hydroxylation is 1. The first kappa shape index (κ1) is 12.5. The highest BCUT2D eigenvalue weighted by atomic mass is 19.1. The van der Waals surface area contributed by atoms with Crippen LogP contribution in [0, 0.1) is 12.7 Å². The van der Waals surface area contributed by atoms with Crippen LogP contribution in [-0.4, -0.2) is 16.2 Å². The van der Waals surface area contributed by atoms with Crippen molar-refractivity contribution < 1.29 is 19.4 Å². The van der Waals surface area contributed by atoms with E-state index in [0.717, 1.165) is 0 Å². The van der Waals surface area contributed by atoms with Gasteiger partial charge in [-0.15, -0.1) is 0 Å². The van der Waals surface area contributed by atoms with E-state index in [-0.39, 0.29) is 12.0 Å². The molecule has 0 radical (unpaired) electrons. The van der Waals surface area contributed by atoms with Crippen LogP contribution in [0.5, 0.6) is 5.75 Å². The number of carboxylic acids is 1. The predicted molar refractivity (Wildman–Crippen MR) is 58.1 cm³/mol. The molecule has 0 saturated heterocycles. The van der Waals surface area contributed by atoms with E-state index in [2.05, 4.69) is 0 Å². The maximum Gasteiger partial charge on any atom is 0.304 e. The van der Waals surface area contributed by atoms with Gasteiger partial charge in [0.25, 0.3) is 0 Å². The summed E-state index contributed by atoms with van der Waals surface area (Å²) in [7, 11) is 0. The van der Waals surface area contributed by atoms with Gasteiger partial charge in [-0.3, -0.25) is 4.79 Å². The van der Waals surface area contributed by atoms with Gasteiger partial charge < -0.3 is 10.2 Å². The van der Waals surface area contributed by atoms with Gasteiger partial charge in [-0.25, -0.2) is 4.39 Å². The minimum Gasteiger partial charge on any atom is -0.505 e. The number of carbonyl (C=O) groups is 1. The minimum atomic E-state index is -0.995. The zero-order valence-electron chi connectivity index (χ0n) is 9.54. The van der Waals surface area contributed by atoms with Crippen LogP contribution < -0.4 is 0 Å². The molecular formula is C12H15FO3. The average molecular weight is 226 g/mol. The molecule has 0 fully saturated rings. The highest BCUT2D eigenvalue weighted by Gasteiger charge is 2.28. The predicted octanol–water partition coefficient (Wildman–Crippen LogP) is 2.59. The van der Waals surface area contributed by atoms with Crippen LogP contribution in [-0.2, 0) is 10.2 Å². The van der Waals surface area contributed by atoms with Crippen molar-refractivity contribution in [1.29, 1.82) is 0 Å². The number of carboxylic acid groups (broad SMARTS) is 1. The zero-order valence-corrected chi connectivity index (χ0v) is 9.54. The SMILES string of the molecule is Cc1cc(O)c(F)c(C(C)(C)CC(=O)O)c1. The molecule has 1 aromatic rings. The molecule has 0 aliphatic carbocycles. The molecule has 0 aromatic heterocycles. The quantitative estimate of drug-likeness (QED) is 0.832. The van der Waals surface area contributed by atoms with E-state index in [0.29, 0.717) is 5.56 Å². The monoisotopic (exact) mass is 226 g/mol. The fourth-order valence-corrected chi connectivity index (χ4v) is 1.72. The first-order chi connectivity index (χ1) is 7.24. The number of hydrogen-bond acceptors (Lipinski definition) is 2. The molecule has 0 saturated carbocycles. The molecule has 0 aliphatic rings. The zero-order chi connectivity index (χ0) is 12.5. The van der Waals surface area contributed by atoms with Crippen LogP contribution >= 0.6 is 0 Å². The summed E-state index contributed by atoms with van der Waals surface area (Å²) in [4.78, 5) is 10.7. The fraction of sp³-hybridized carbons (Fsp3) is 0.417. The molecule has 0 bridgehead atoms. The molecular weight excluding hydrogens is 211 g/mol. The Balaban J connectivity index is 3.26. The first-order valence-corrected chi connectivity index (χ1v) is 4.95. The molecule has 16 heavy (non-hydrogen) atoms. The molecule has 0 aliphatic heterocycles. The summed E-state index contributed by atoms with van der Waals surface area (Å²) < 4.78 is 13.7. The molecule has 1 aromatic carbocycles. The lowest BCUT2D eigenvalue weighted by Crippen LogP contribution is -2.23. The van der Waals surface area contributed by atoms with Gasteiger partial charge in [-0.2, -0.15) is 0 Å². The number of aromatic hydroxyl groups is 1. The molecule has 0 amide bonds. The van der Waals surface area contributed by atoms with E-state index in [9.17, 15) is 14.3 Å². The highest BCUT2D eigenvalue weighted by molar-refractivity contribution is 5.69. The summed E-state index contributed by atoms with van der Waals surface area (Å²) in [5, 5.41) is 18.1. The van der Waals surface area contributed by atoms with Crippen LogP contribution in [0.25, 0.3) is 0 Å². The first-order valence-electron chi connectivity index (χ1n) is 4.95. The summed E-state index contributed by atoms with van der Waals surface area (Å²) in [5.41, 5.74) is 0.0825. The van der Waals surface area contributed by atoms with E-state index in [1.54, 1.807) is 26.8 Å². The Hall–Kier alpha value is -1.58. The third-order valence-electron chi connectivity index (χ3n) is 2.52. The lowest BCUT2D eigenvalue weighted by Gasteiger charge is -2.24. The van der Waals surface area contributed by atoms with Crippen molar-refractivity contribution in [3.8, 4) is 5.75 Å². The number of aliphatic carboxylic acids is 1. The summed E-state index contributed by atoms with van der Waals surface area (Å²) >= 11 is 0. The van der Waals surface area contributed by atoms with Gasteiger partial charge >= 0.3 is 5.97 Å². The van der Waals surface area contributed by atoms with E-state index < -0.39 is 23.0 Å². The van der Waals surface area contributed by atoms with Crippen LogP contribution in [0.2, 0.25) is 0 Å². The van der Waals surface area contributed by atoms with Crippen molar-refractivity contribution in [2.24, 2.45) is 0 Å². The lowest BCUT2D eigenvalue weighted by molar-refractivity contribution is -0.138. The summed E-state index contributed by atoms with van der Waals surface area (Å²) in [6, 6.07) is 2.88. The van der Waals surface area contributed by atoms with E-state index >= 15 is 0 Å². The second kappa shape index (κ2) is 4.12. The smallest absolute Gasteiger partial charge is 0.304 e. The van der Waals surface area contributed by atoms with Crippen molar-refractivity contribution in [3.63, 3.8) is 0 Å². The normalized spacial score (nSPS) is 11.5. The molecule has 88 valence electrons. The number of benzene rings is 1. The molecule has 1 rings (SSSR count). The average Bonchev–Trinajstić information content (AvgIpc) is 2.08. The maximum absolute atomic E-state index is 13.7. The number of halogens is 1. The van der Waals surface area contributed by atoms with Gasteiger partial charge in [0.15, 0.2) is 11.6 Å². The van der Waals surface area contributed by atoms with Gasteiger partial charge in [0.1, 0.15) is 0 Å². The molecule has 4 heteroatoms. The Kier molecular flexibility index (Phi) is 3.21. The van der Waals surface area contributed by atoms with Crippen molar-refractivity contribution in [2.45, 2.75) is 32.6 Å². The number of phenolic OH excluding ortho intramolecular Hbond substituents is 1. The van der Waals surface area contributed by atoms with Crippen LogP contribution in [0.1, 0.15) is 31.4 Å². The van der Waals surface area contributed by atoms with Crippen molar-refractivity contribution >= 4 is 5.97 Å². The van der Waals surface area contributed by atoms with E-state index in [1.807, 2.05) is 0 Å². The van der Waals surface area contributed by atoms with E-state index in [4.69, 9.17) is 5.11 Å². The minimum absolute atomic E-state index is 0.188. The number of rotatable bonds is 3. The van der Waals surface area contributed by atoms with Gasteiger partial charge in [-0.1, -0.05) is 19.9 Å². The molecule has 0 unspecified atom stereocenters. The third-order valence-corrected chi connectivity index (χ3v) is 2.52. The third kappa shape index (κ3) is 2.51. The maximum atomic E-state index is 13.7. The van der Waals surface area contributed by atoms with E-state index in [1.165, 1.54) is 6.07 Å². The standard InChI is InChI=1S/C12H15FO3/c1-7-4-8(11(13)9(14)5-7)12(2,3)6-10(15)16/h4-5,14H,6H2,1-3H3,(H,15,16). The number of hydrogen-bond donors (Lipinski definition) is 2.